The zero-order valence-corrected chi connectivity index (χ0v) is 7.96. The lowest BCUT2D eigenvalue weighted by molar-refractivity contribution is 1.07. The van der Waals surface area contributed by atoms with Crippen LogP contribution < -0.4 is 5.45 Å². The lowest BCUT2D eigenvalue weighted by atomic mass is 10.4. The van der Waals surface area contributed by atoms with Crippen LogP contribution in [0.25, 0.3) is 0 Å². The maximum Gasteiger partial charge on any atom is 0.110 e. The van der Waals surface area contributed by atoms with Crippen molar-refractivity contribution in [3.05, 3.63) is 11.9 Å². The van der Waals surface area contributed by atoms with Crippen molar-refractivity contribution in [2.75, 3.05) is 0 Å². The fourth-order valence-corrected chi connectivity index (χ4v) is 1.69. The molecule has 0 unspecified atom stereocenters. The second-order valence-electron chi connectivity index (χ2n) is 2.79. The van der Waals surface area contributed by atoms with Crippen molar-refractivity contribution in [1.29, 1.82) is 0 Å². The van der Waals surface area contributed by atoms with Crippen LogP contribution in [0.5, 0.6) is 0 Å². The zero-order chi connectivity index (χ0) is 7.56. The van der Waals surface area contributed by atoms with E-state index in [1.807, 2.05) is 6.20 Å². The molecule has 2 nitrogen and oxygen atoms in total. The minimum atomic E-state index is -0.689. The van der Waals surface area contributed by atoms with Crippen molar-refractivity contribution >= 4 is 14.2 Å². The summed E-state index contributed by atoms with van der Waals surface area (Å²) in [5.74, 6) is 0. The molecular weight excluding hydrogens is 140 g/mol. The molecule has 0 aromatic carbocycles. The van der Waals surface area contributed by atoms with Gasteiger partial charge in [0.1, 0.15) is 8.80 Å². The fourth-order valence-electron chi connectivity index (χ4n) is 0.853. The average Bonchev–Trinajstić information content (AvgIpc) is 2.34. The first-order valence-corrected chi connectivity index (χ1v) is 6.67. The predicted octanol–water partition coefficient (Wildman–Crippen LogP) is 0.666. The zero-order valence-electron chi connectivity index (χ0n) is 6.81. The summed E-state index contributed by atoms with van der Waals surface area (Å²) in [7, 11) is -0.689. The standard InChI is InChI=1S/C7H14N2Si/c1-4-6-5-8-7(9-6)10(2)3/h5,10H,4H2,1-3H3,(H,8,9). The highest BCUT2D eigenvalue weighted by molar-refractivity contribution is 6.69. The molecule has 1 N–H and O–H groups in total. The van der Waals surface area contributed by atoms with Gasteiger partial charge in [0.05, 0.1) is 11.1 Å². The number of H-pyrrole nitrogens is 1. The van der Waals surface area contributed by atoms with E-state index in [2.05, 4.69) is 30.0 Å². The van der Waals surface area contributed by atoms with Crippen LogP contribution in [0.15, 0.2) is 6.20 Å². The quantitative estimate of drug-likeness (QED) is 0.623. The molecule has 0 amide bonds. The molecule has 56 valence electrons. The highest BCUT2D eigenvalue weighted by Gasteiger charge is 2.03. The first-order chi connectivity index (χ1) is 4.74. The second kappa shape index (κ2) is 3.01. The van der Waals surface area contributed by atoms with Crippen molar-refractivity contribution < 1.29 is 0 Å². The molecule has 10 heavy (non-hydrogen) atoms. The van der Waals surface area contributed by atoms with Gasteiger partial charge in [0, 0.05) is 6.20 Å². The molecule has 0 radical (unpaired) electrons. The smallest absolute Gasteiger partial charge is 0.110 e. The number of hydrogen-bond donors (Lipinski definition) is 1. The lowest BCUT2D eigenvalue weighted by Gasteiger charge is -1.94. The van der Waals surface area contributed by atoms with Crippen LogP contribution in [0.2, 0.25) is 13.1 Å². The minimum absolute atomic E-state index is 0.689. The highest BCUT2D eigenvalue weighted by atomic mass is 28.3. The van der Waals surface area contributed by atoms with Gasteiger partial charge < -0.3 is 4.98 Å². The Bertz CT molecular complexity index is 205. The number of aromatic amines is 1. The normalized spacial score (nSPS) is 10.8. The topological polar surface area (TPSA) is 28.7 Å². The van der Waals surface area contributed by atoms with Gasteiger partial charge in [0.2, 0.25) is 0 Å². The molecule has 1 aromatic rings. The van der Waals surface area contributed by atoms with Gasteiger partial charge in [-0.05, 0) is 6.42 Å². The predicted molar refractivity (Wildman–Crippen MR) is 46.5 cm³/mol. The van der Waals surface area contributed by atoms with Crippen LogP contribution in [0.1, 0.15) is 12.6 Å². The second-order valence-corrected chi connectivity index (χ2v) is 5.64. The summed E-state index contributed by atoms with van der Waals surface area (Å²) < 4.78 is 0. The minimum Gasteiger partial charge on any atom is -0.353 e. The number of aromatic nitrogens is 2. The van der Waals surface area contributed by atoms with Gasteiger partial charge in [0.15, 0.2) is 0 Å². The van der Waals surface area contributed by atoms with Gasteiger partial charge in [-0.2, -0.15) is 0 Å². The van der Waals surface area contributed by atoms with E-state index in [1.165, 1.54) is 11.1 Å². The molecular formula is C7H14N2Si. The first-order valence-electron chi connectivity index (χ1n) is 3.78. The molecule has 3 heteroatoms. The molecule has 1 aromatic heterocycles. The largest absolute Gasteiger partial charge is 0.353 e. The van der Waals surface area contributed by atoms with E-state index >= 15 is 0 Å². The van der Waals surface area contributed by atoms with E-state index in [-0.39, 0.29) is 0 Å². The van der Waals surface area contributed by atoms with Gasteiger partial charge in [-0.15, -0.1) is 0 Å². The van der Waals surface area contributed by atoms with Crippen LogP contribution >= 0.6 is 0 Å². The van der Waals surface area contributed by atoms with Crippen molar-refractivity contribution in [3.8, 4) is 0 Å². The monoisotopic (exact) mass is 154 g/mol. The van der Waals surface area contributed by atoms with Gasteiger partial charge >= 0.3 is 0 Å². The Labute approximate surface area is 63.3 Å². The van der Waals surface area contributed by atoms with Crippen LogP contribution in [-0.2, 0) is 6.42 Å². The van der Waals surface area contributed by atoms with Gasteiger partial charge in [0.25, 0.3) is 0 Å². The maximum absolute atomic E-state index is 4.43. The summed E-state index contributed by atoms with van der Waals surface area (Å²) in [6, 6.07) is 0. The van der Waals surface area contributed by atoms with Gasteiger partial charge in [-0.25, -0.2) is 4.98 Å². The van der Waals surface area contributed by atoms with Crippen molar-refractivity contribution in [2.24, 2.45) is 0 Å². The number of imidazole rings is 1. The first kappa shape index (κ1) is 7.53. The molecule has 0 aliphatic carbocycles. The molecule has 0 aliphatic rings. The van der Waals surface area contributed by atoms with Crippen molar-refractivity contribution in [2.45, 2.75) is 26.4 Å². The van der Waals surface area contributed by atoms with Crippen LogP contribution in [0, 0.1) is 0 Å². The third-order valence-electron chi connectivity index (χ3n) is 1.56. The Morgan fingerprint density at radius 1 is 1.60 bits per heavy atom. The fraction of sp³-hybridized carbons (Fsp3) is 0.571. The lowest BCUT2D eigenvalue weighted by Crippen LogP contribution is -2.26. The Hall–Kier alpha value is -0.573. The Morgan fingerprint density at radius 2 is 2.30 bits per heavy atom. The summed E-state index contributed by atoms with van der Waals surface area (Å²) in [6.07, 6.45) is 3.06. The van der Waals surface area contributed by atoms with Crippen molar-refractivity contribution in [1.82, 2.24) is 9.97 Å². The summed E-state index contributed by atoms with van der Waals surface area (Å²) in [4.78, 5) is 7.64. The summed E-state index contributed by atoms with van der Waals surface area (Å²) in [5, 5.41) is 0. The van der Waals surface area contributed by atoms with E-state index in [9.17, 15) is 0 Å². The van der Waals surface area contributed by atoms with Crippen LogP contribution in [0.4, 0.5) is 0 Å². The number of nitrogens with one attached hydrogen (secondary N) is 1. The molecule has 0 saturated carbocycles. The summed E-state index contributed by atoms with van der Waals surface area (Å²) >= 11 is 0. The average molecular weight is 154 g/mol. The molecule has 0 atom stereocenters. The maximum atomic E-state index is 4.43. The molecule has 1 heterocycles. The summed E-state index contributed by atoms with van der Waals surface area (Å²) in [6.45, 7) is 6.68. The van der Waals surface area contributed by atoms with E-state index < -0.39 is 8.80 Å². The van der Waals surface area contributed by atoms with E-state index in [1.54, 1.807) is 0 Å². The molecule has 0 aliphatic heterocycles. The van der Waals surface area contributed by atoms with Gasteiger partial charge in [-0.3, -0.25) is 0 Å². The molecule has 0 spiro atoms. The highest BCUT2D eigenvalue weighted by Crippen LogP contribution is 1.90. The van der Waals surface area contributed by atoms with E-state index in [4.69, 9.17) is 0 Å². The summed E-state index contributed by atoms with van der Waals surface area (Å²) in [5.41, 5.74) is 2.42. The number of aryl methyl sites for hydroxylation is 1. The van der Waals surface area contributed by atoms with Crippen molar-refractivity contribution in [3.63, 3.8) is 0 Å². The molecule has 0 fully saturated rings. The number of hydrogen-bond acceptors (Lipinski definition) is 1. The van der Waals surface area contributed by atoms with Crippen LogP contribution in [-0.4, -0.2) is 18.8 Å². The molecule has 0 bridgehead atoms. The third kappa shape index (κ3) is 1.47. The third-order valence-corrected chi connectivity index (χ3v) is 2.95. The Morgan fingerprint density at radius 3 is 2.60 bits per heavy atom. The molecule has 1 rings (SSSR count). The Balaban J connectivity index is 2.78. The molecule has 0 saturated heterocycles. The van der Waals surface area contributed by atoms with E-state index in [0.717, 1.165) is 6.42 Å². The van der Waals surface area contributed by atoms with Crippen LogP contribution in [0.3, 0.4) is 0 Å². The SMILES string of the molecule is CCc1c[nH]c([SiH](C)C)n1. The van der Waals surface area contributed by atoms with Gasteiger partial charge in [-0.1, -0.05) is 20.0 Å². The number of rotatable bonds is 2. The van der Waals surface area contributed by atoms with E-state index in [0.29, 0.717) is 0 Å². The Kier molecular flexibility index (Phi) is 2.27. The number of nitrogens with zero attached hydrogens (tertiary/aromatic N) is 1.